The molecule has 0 N–H and O–H groups in total. The zero-order valence-electron chi connectivity index (χ0n) is 27.1. The SMILES string of the molecule is CCC12C3=C(C4N(C)C=CN4c4c3ccc3c4oc4ccccc43)C1(CC)C1N(c3ccccc3)c3nccnc3N1c1ccccc12. The number of furan rings is 1. The molecule has 6 aromatic rings. The van der Waals surface area contributed by atoms with Crippen LogP contribution in [0.25, 0.3) is 27.5 Å². The molecule has 0 saturated heterocycles. The fourth-order valence-electron chi connectivity index (χ4n) is 10.6. The standard InChI is InChI=1S/C41H34N6O/c1-4-40-29-16-10-11-17-30(29)47-37-36(42-21-22-43-37)46(25-13-7-6-8-14-25)39(47)41(40,5-2)33-32(40)28-20-19-27-26-15-9-12-18-31(26)48-35(27)34(28)45-24-23-44(3)38(33)45/h6-24,38-39H,4-5H2,1-3H3. The highest BCUT2D eigenvalue weighted by molar-refractivity contribution is 6.14. The quantitative estimate of drug-likeness (QED) is 0.194. The number of para-hydroxylation sites is 3. The van der Waals surface area contributed by atoms with E-state index in [9.17, 15) is 0 Å². The third kappa shape index (κ3) is 2.71. The molecule has 4 unspecified atom stereocenters. The Balaban J connectivity index is 1.29. The highest BCUT2D eigenvalue weighted by atomic mass is 16.3. The van der Waals surface area contributed by atoms with Crippen LogP contribution in [0.3, 0.4) is 0 Å². The summed E-state index contributed by atoms with van der Waals surface area (Å²) in [5.74, 6) is 1.83. The number of aromatic nitrogens is 2. The van der Waals surface area contributed by atoms with Crippen molar-refractivity contribution in [3.05, 3.63) is 132 Å². The maximum atomic E-state index is 6.76. The lowest BCUT2D eigenvalue weighted by atomic mass is 9.37. The molecule has 0 fully saturated rings. The lowest BCUT2D eigenvalue weighted by Gasteiger charge is -2.71. The topological polar surface area (TPSA) is 51.9 Å². The molecule has 234 valence electrons. The van der Waals surface area contributed by atoms with Crippen molar-refractivity contribution in [3.63, 3.8) is 0 Å². The minimum Gasteiger partial charge on any atom is -0.454 e. The first-order valence-electron chi connectivity index (χ1n) is 17.1. The van der Waals surface area contributed by atoms with E-state index in [1.807, 2.05) is 12.4 Å². The van der Waals surface area contributed by atoms with Gasteiger partial charge in [0.1, 0.15) is 17.9 Å². The molecule has 11 rings (SSSR count). The Bertz CT molecular complexity index is 2410. The summed E-state index contributed by atoms with van der Waals surface area (Å²) < 4.78 is 6.76. The summed E-state index contributed by atoms with van der Waals surface area (Å²) in [4.78, 5) is 20.0. The molecular weight excluding hydrogens is 592 g/mol. The van der Waals surface area contributed by atoms with Gasteiger partial charge in [-0.3, -0.25) is 0 Å². The maximum Gasteiger partial charge on any atom is 0.178 e. The summed E-state index contributed by atoms with van der Waals surface area (Å²) in [6, 6.07) is 33.0. The molecule has 4 aromatic carbocycles. The highest BCUT2D eigenvalue weighted by Gasteiger charge is 2.76. The van der Waals surface area contributed by atoms with Gasteiger partial charge in [0.2, 0.25) is 0 Å². The van der Waals surface area contributed by atoms with Crippen molar-refractivity contribution >= 4 is 56.2 Å². The van der Waals surface area contributed by atoms with Crippen LogP contribution in [0, 0.1) is 5.41 Å². The van der Waals surface area contributed by atoms with Gasteiger partial charge in [-0.05, 0) is 59.9 Å². The van der Waals surface area contributed by atoms with Crippen molar-refractivity contribution < 1.29 is 4.42 Å². The van der Waals surface area contributed by atoms with Crippen LogP contribution < -0.4 is 14.7 Å². The third-order valence-corrected chi connectivity index (χ3v) is 12.1. The first-order valence-corrected chi connectivity index (χ1v) is 17.1. The monoisotopic (exact) mass is 626 g/mol. The molecule has 4 atom stereocenters. The average Bonchev–Trinajstić information content (AvgIpc) is 3.81. The Morgan fingerprint density at radius 3 is 2.31 bits per heavy atom. The predicted molar refractivity (Wildman–Crippen MR) is 191 cm³/mol. The number of hydrogen-bond donors (Lipinski definition) is 0. The van der Waals surface area contributed by atoms with E-state index in [0.29, 0.717) is 0 Å². The Labute approximate surface area is 279 Å². The lowest BCUT2D eigenvalue weighted by Crippen LogP contribution is -2.73. The van der Waals surface area contributed by atoms with E-state index in [1.54, 1.807) is 0 Å². The Kier molecular flexibility index (Phi) is 4.89. The summed E-state index contributed by atoms with van der Waals surface area (Å²) in [6.45, 7) is 4.80. The molecular formula is C41H34N6O. The van der Waals surface area contributed by atoms with Crippen LogP contribution in [0.2, 0.25) is 0 Å². The molecule has 0 spiro atoms. The van der Waals surface area contributed by atoms with Crippen molar-refractivity contribution in [1.82, 2.24) is 14.9 Å². The largest absolute Gasteiger partial charge is 0.454 e. The van der Waals surface area contributed by atoms with Gasteiger partial charge in [-0.25, -0.2) is 9.97 Å². The van der Waals surface area contributed by atoms with Crippen molar-refractivity contribution in [1.29, 1.82) is 0 Å². The fourth-order valence-corrected chi connectivity index (χ4v) is 10.6. The molecule has 0 bridgehead atoms. The van der Waals surface area contributed by atoms with E-state index in [0.717, 1.165) is 52.1 Å². The van der Waals surface area contributed by atoms with Crippen LogP contribution in [-0.2, 0) is 5.41 Å². The Morgan fingerprint density at radius 2 is 1.50 bits per heavy atom. The molecule has 0 radical (unpaired) electrons. The van der Waals surface area contributed by atoms with E-state index in [-0.39, 0.29) is 23.2 Å². The molecule has 2 aromatic heterocycles. The second-order valence-corrected chi connectivity index (χ2v) is 13.7. The van der Waals surface area contributed by atoms with Gasteiger partial charge in [0, 0.05) is 70.4 Å². The van der Waals surface area contributed by atoms with E-state index in [4.69, 9.17) is 14.4 Å². The second kappa shape index (κ2) is 8.86. The number of rotatable bonds is 3. The summed E-state index contributed by atoms with van der Waals surface area (Å²) >= 11 is 0. The molecule has 48 heavy (non-hydrogen) atoms. The first kappa shape index (κ1) is 26.5. The number of fused-ring (bicyclic) bond motifs is 19. The Hall–Kier alpha value is -5.56. The number of anilines is 5. The summed E-state index contributed by atoms with van der Waals surface area (Å²) in [5.41, 5.74) is 10.4. The first-order chi connectivity index (χ1) is 23.7. The van der Waals surface area contributed by atoms with Gasteiger partial charge in [-0.2, -0.15) is 0 Å². The molecule has 6 heterocycles. The van der Waals surface area contributed by atoms with E-state index in [1.165, 1.54) is 33.6 Å². The van der Waals surface area contributed by atoms with Crippen LogP contribution in [0.4, 0.5) is 28.7 Å². The lowest BCUT2D eigenvalue weighted by molar-refractivity contribution is 0.0925. The number of likely N-dealkylation sites (N-methyl/N-ethyl adjacent to an activating group) is 1. The molecule has 0 saturated carbocycles. The number of allylic oxidation sites excluding steroid dienone is 1. The molecule has 5 aliphatic rings. The Morgan fingerprint density at radius 1 is 0.750 bits per heavy atom. The zero-order chi connectivity index (χ0) is 31.9. The highest BCUT2D eigenvalue weighted by Crippen LogP contribution is 2.79. The minimum absolute atomic E-state index is 0.0142. The van der Waals surface area contributed by atoms with E-state index in [2.05, 4.69) is 144 Å². The van der Waals surface area contributed by atoms with Crippen LogP contribution in [0.5, 0.6) is 0 Å². The van der Waals surface area contributed by atoms with Crippen LogP contribution in [0.15, 0.2) is 126 Å². The van der Waals surface area contributed by atoms with Gasteiger partial charge in [0.15, 0.2) is 17.2 Å². The normalized spacial score (nSPS) is 25.8. The van der Waals surface area contributed by atoms with Gasteiger partial charge >= 0.3 is 0 Å². The van der Waals surface area contributed by atoms with E-state index < -0.39 is 0 Å². The fraction of sp³-hybridized carbons (Fsp3) is 0.220. The van der Waals surface area contributed by atoms with Gasteiger partial charge in [-0.15, -0.1) is 0 Å². The average molecular weight is 627 g/mol. The van der Waals surface area contributed by atoms with E-state index >= 15 is 0 Å². The summed E-state index contributed by atoms with van der Waals surface area (Å²) in [5, 5.41) is 2.32. The van der Waals surface area contributed by atoms with Gasteiger partial charge < -0.3 is 24.0 Å². The smallest absolute Gasteiger partial charge is 0.178 e. The zero-order valence-corrected chi connectivity index (χ0v) is 27.1. The van der Waals surface area contributed by atoms with Gasteiger partial charge in [0.05, 0.1) is 5.69 Å². The van der Waals surface area contributed by atoms with Crippen LogP contribution in [0.1, 0.15) is 37.8 Å². The summed E-state index contributed by atoms with van der Waals surface area (Å²) in [7, 11) is 2.22. The van der Waals surface area contributed by atoms with Gasteiger partial charge in [-0.1, -0.05) is 74.5 Å². The molecule has 1 aliphatic carbocycles. The van der Waals surface area contributed by atoms with Crippen LogP contribution >= 0.6 is 0 Å². The van der Waals surface area contributed by atoms with Crippen LogP contribution in [-0.4, -0.2) is 34.2 Å². The summed E-state index contributed by atoms with van der Waals surface area (Å²) in [6.07, 6.45) is 10.0. The number of benzene rings is 4. The van der Waals surface area contributed by atoms with Crippen molar-refractivity contribution in [2.45, 2.75) is 44.4 Å². The molecule has 7 heteroatoms. The van der Waals surface area contributed by atoms with Crippen molar-refractivity contribution in [3.8, 4) is 0 Å². The molecule has 4 aliphatic heterocycles. The van der Waals surface area contributed by atoms with Crippen molar-refractivity contribution in [2.75, 3.05) is 21.7 Å². The maximum absolute atomic E-state index is 6.76. The molecule has 7 nitrogen and oxygen atoms in total. The molecule has 0 amide bonds. The number of nitrogens with zero attached hydrogens (tertiary/aromatic N) is 6. The second-order valence-electron chi connectivity index (χ2n) is 13.7. The predicted octanol–water partition coefficient (Wildman–Crippen LogP) is 9.08. The van der Waals surface area contributed by atoms with Crippen molar-refractivity contribution in [2.24, 2.45) is 5.41 Å². The minimum atomic E-state index is -0.284. The third-order valence-electron chi connectivity index (χ3n) is 12.1. The van der Waals surface area contributed by atoms with Gasteiger partial charge in [0.25, 0.3) is 0 Å². The number of hydrogen-bond acceptors (Lipinski definition) is 7.